The normalized spacial score (nSPS) is 12.4. The van der Waals surface area contributed by atoms with Crippen LogP contribution in [0.2, 0.25) is 5.02 Å². The second kappa shape index (κ2) is 12.1. The van der Waals surface area contributed by atoms with Crippen molar-refractivity contribution in [2.24, 2.45) is 0 Å². The molecule has 0 aliphatic carbocycles. The Morgan fingerprint density at radius 2 is 1.91 bits per heavy atom. The predicted molar refractivity (Wildman–Crippen MR) is 123 cm³/mol. The third-order valence-corrected chi connectivity index (χ3v) is 6.89. The molecule has 0 radical (unpaired) electrons. The van der Waals surface area contributed by atoms with Crippen molar-refractivity contribution in [2.75, 3.05) is 33.1 Å². The van der Waals surface area contributed by atoms with E-state index in [1.165, 1.54) is 18.5 Å². The van der Waals surface area contributed by atoms with Gasteiger partial charge >= 0.3 is 6.18 Å². The Morgan fingerprint density at radius 1 is 1.21 bits per heavy atom. The molecule has 0 saturated heterocycles. The van der Waals surface area contributed by atoms with Crippen molar-refractivity contribution >= 4 is 21.6 Å². The molecule has 0 N–H and O–H groups in total. The number of hydrogen-bond donors (Lipinski definition) is 0. The van der Waals surface area contributed by atoms with E-state index in [4.69, 9.17) is 25.8 Å². The fourth-order valence-corrected chi connectivity index (χ4v) is 4.28. The largest absolute Gasteiger partial charge is 0.491 e. The summed E-state index contributed by atoms with van der Waals surface area (Å²) in [6, 6.07) is 5.74. The molecule has 0 spiro atoms. The Labute approximate surface area is 202 Å². The first kappa shape index (κ1) is 28.2. The molecule has 0 amide bonds. The molecule has 0 aliphatic rings. The van der Waals surface area contributed by atoms with E-state index < -0.39 is 21.8 Å². The van der Waals surface area contributed by atoms with Crippen LogP contribution >= 0.6 is 11.6 Å². The number of alkyl halides is 3. The van der Waals surface area contributed by atoms with Crippen LogP contribution in [0.15, 0.2) is 30.5 Å². The number of likely N-dealkylation sites (N-methyl/N-ethyl adjacent to an activating group) is 1. The van der Waals surface area contributed by atoms with Gasteiger partial charge in [0, 0.05) is 33.0 Å². The zero-order valence-electron chi connectivity index (χ0n) is 19.4. The fraction of sp³-hybridized carbons (Fsp3) is 0.500. The van der Waals surface area contributed by atoms with Gasteiger partial charge in [-0.2, -0.15) is 13.2 Å². The number of aromatic nitrogens is 1. The monoisotopic (exact) mass is 524 g/mol. The standard InChI is InChI=1S/C22H28ClF3N2O5S/c1-15(2)32-18-8-7-16(6-5-11-34(29,30)28(3)9-10-31-4)20(13-18)33-21-19(23)12-17(14-27-21)22(24,25)26/h7-8,12-15H,5-6,9-11H2,1-4H3. The Balaban J connectivity index is 2.23. The zero-order valence-corrected chi connectivity index (χ0v) is 20.9. The molecule has 0 unspecified atom stereocenters. The van der Waals surface area contributed by atoms with Crippen LogP contribution in [0, 0.1) is 0 Å². The average molecular weight is 525 g/mol. The molecule has 0 saturated carbocycles. The van der Waals surface area contributed by atoms with Crippen LogP contribution in [0.3, 0.4) is 0 Å². The molecule has 34 heavy (non-hydrogen) atoms. The first-order valence-electron chi connectivity index (χ1n) is 10.5. The summed E-state index contributed by atoms with van der Waals surface area (Å²) in [5.74, 6) is 0.432. The van der Waals surface area contributed by atoms with E-state index >= 15 is 0 Å². The topological polar surface area (TPSA) is 78.0 Å². The third-order valence-electron chi connectivity index (χ3n) is 4.69. The van der Waals surface area contributed by atoms with Gasteiger partial charge in [-0.1, -0.05) is 17.7 Å². The van der Waals surface area contributed by atoms with E-state index in [-0.39, 0.29) is 48.1 Å². The molecule has 0 aliphatic heterocycles. The number of halogens is 4. The van der Waals surface area contributed by atoms with E-state index in [1.54, 1.807) is 18.2 Å². The van der Waals surface area contributed by atoms with Crippen LogP contribution in [0.4, 0.5) is 13.2 Å². The first-order chi connectivity index (χ1) is 15.8. The van der Waals surface area contributed by atoms with E-state index in [9.17, 15) is 21.6 Å². The van der Waals surface area contributed by atoms with Gasteiger partial charge < -0.3 is 14.2 Å². The Kier molecular flexibility index (Phi) is 9.98. The van der Waals surface area contributed by atoms with Crippen LogP contribution in [-0.4, -0.2) is 56.9 Å². The highest BCUT2D eigenvalue weighted by atomic mass is 35.5. The maximum atomic E-state index is 12.9. The molecule has 0 atom stereocenters. The van der Waals surface area contributed by atoms with Gasteiger partial charge in [-0.25, -0.2) is 17.7 Å². The van der Waals surface area contributed by atoms with Crippen LogP contribution in [0.5, 0.6) is 17.4 Å². The smallest absolute Gasteiger partial charge is 0.417 e. The number of ether oxygens (including phenoxy) is 3. The molecule has 2 aromatic rings. The molecule has 1 aromatic carbocycles. The summed E-state index contributed by atoms with van der Waals surface area (Å²) in [7, 11) is -0.498. The van der Waals surface area contributed by atoms with Gasteiger partial charge in [0.2, 0.25) is 15.9 Å². The minimum Gasteiger partial charge on any atom is -0.491 e. The van der Waals surface area contributed by atoms with E-state index in [0.29, 0.717) is 23.9 Å². The number of rotatable bonds is 12. The Morgan fingerprint density at radius 3 is 2.50 bits per heavy atom. The van der Waals surface area contributed by atoms with Crippen molar-refractivity contribution in [3.8, 4) is 17.4 Å². The first-order valence-corrected chi connectivity index (χ1v) is 12.5. The maximum Gasteiger partial charge on any atom is 0.417 e. The number of hydrogen-bond acceptors (Lipinski definition) is 6. The SMILES string of the molecule is COCCN(C)S(=O)(=O)CCCc1ccc(OC(C)C)cc1Oc1ncc(C(F)(F)F)cc1Cl. The fourth-order valence-electron chi connectivity index (χ4n) is 2.90. The van der Waals surface area contributed by atoms with E-state index in [1.807, 2.05) is 13.8 Å². The second-order valence-corrected chi connectivity index (χ2v) is 10.4. The van der Waals surface area contributed by atoms with Crippen LogP contribution in [0.25, 0.3) is 0 Å². The van der Waals surface area contributed by atoms with Crippen molar-refractivity contribution in [2.45, 2.75) is 39.0 Å². The number of pyridine rings is 1. The third kappa shape index (κ3) is 8.30. The number of aryl methyl sites for hydroxylation is 1. The number of methoxy groups -OCH3 is 1. The lowest BCUT2D eigenvalue weighted by Crippen LogP contribution is -2.32. The summed E-state index contributed by atoms with van der Waals surface area (Å²) in [4.78, 5) is 3.71. The van der Waals surface area contributed by atoms with Gasteiger partial charge in [-0.3, -0.25) is 0 Å². The predicted octanol–water partition coefficient (Wildman–Crippen LogP) is 5.17. The lowest BCUT2D eigenvalue weighted by atomic mass is 10.1. The zero-order chi connectivity index (χ0) is 25.5. The minimum atomic E-state index is -4.59. The number of benzene rings is 1. The van der Waals surface area contributed by atoms with Crippen molar-refractivity contribution < 1.29 is 35.8 Å². The quantitative estimate of drug-likeness (QED) is 0.381. The summed E-state index contributed by atoms with van der Waals surface area (Å²) in [6.45, 7) is 4.21. The van der Waals surface area contributed by atoms with Crippen molar-refractivity contribution in [1.29, 1.82) is 0 Å². The van der Waals surface area contributed by atoms with Crippen molar-refractivity contribution in [3.63, 3.8) is 0 Å². The molecule has 12 heteroatoms. The lowest BCUT2D eigenvalue weighted by molar-refractivity contribution is -0.137. The summed E-state index contributed by atoms with van der Waals surface area (Å²) in [5, 5.41) is -0.307. The number of sulfonamides is 1. The number of nitrogens with zero attached hydrogens (tertiary/aromatic N) is 2. The molecule has 0 fully saturated rings. The van der Waals surface area contributed by atoms with Gasteiger partial charge in [0.05, 0.1) is 24.0 Å². The molecule has 190 valence electrons. The molecule has 2 rings (SSSR count). The molecular weight excluding hydrogens is 497 g/mol. The van der Waals surface area contributed by atoms with Crippen molar-refractivity contribution in [3.05, 3.63) is 46.6 Å². The van der Waals surface area contributed by atoms with Crippen molar-refractivity contribution in [1.82, 2.24) is 9.29 Å². The highest BCUT2D eigenvalue weighted by Crippen LogP contribution is 2.36. The van der Waals surface area contributed by atoms with Gasteiger partial charge in [-0.15, -0.1) is 0 Å². The van der Waals surface area contributed by atoms with Gasteiger partial charge in [0.15, 0.2) is 0 Å². The van der Waals surface area contributed by atoms with Gasteiger partial charge in [-0.05, 0) is 44.4 Å². The maximum absolute atomic E-state index is 12.9. The minimum absolute atomic E-state index is 0.101. The van der Waals surface area contributed by atoms with Crippen LogP contribution in [-0.2, 0) is 27.4 Å². The van der Waals surface area contributed by atoms with Gasteiger partial charge in [0.25, 0.3) is 0 Å². The Hall–Kier alpha value is -2.08. The molecule has 1 aromatic heterocycles. The lowest BCUT2D eigenvalue weighted by Gasteiger charge is -2.18. The van der Waals surface area contributed by atoms with Crippen LogP contribution in [0.1, 0.15) is 31.4 Å². The summed E-state index contributed by atoms with van der Waals surface area (Å²) in [6.07, 6.45) is -3.47. The van der Waals surface area contributed by atoms with E-state index in [0.717, 1.165) is 6.07 Å². The summed E-state index contributed by atoms with van der Waals surface area (Å²) in [5.41, 5.74) is -0.367. The molecular formula is C22H28ClF3N2O5S. The second-order valence-electron chi connectivity index (χ2n) is 7.78. The molecule has 7 nitrogen and oxygen atoms in total. The highest BCUT2D eigenvalue weighted by Gasteiger charge is 2.32. The van der Waals surface area contributed by atoms with E-state index in [2.05, 4.69) is 4.98 Å². The summed E-state index contributed by atoms with van der Waals surface area (Å²) < 4.78 is 81.2. The Bertz CT molecular complexity index is 1060. The molecule has 0 bridgehead atoms. The highest BCUT2D eigenvalue weighted by molar-refractivity contribution is 7.89. The summed E-state index contributed by atoms with van der Waals surface area (Å²) >= 11 is 5.99. The van der Waals surface area contributed by atoms with Gasteiger partial charge in [0.1, 0.15) is 16.5 Å². The average Bonchev–Trinajstić information content (AvgIpc) is 2.73. The van der Waals surface area contributed by atoms with Crippen LogP contribution < -0.4 is 9.47 Å². The molecule has 1 heterocycles.